The number of rotatable bonds is 7. The molecule has 0 aliphatic heterocycles. The number of amides is 1. The average Bonchev–Trinajstić information content (AvgIpc) is 3.27. The number of benzene rings is 2. The van der Waals surface area contributed by atoms with Gasteiger partial charge in [-0.15, -0.1) is 11.3 Å². The number of thioether (sulfide) groups is 1. The van der Waals surface area contributed by atoms with Crippen LogP contribution in [0.5, 0.6) is 11.5 Å². The molecule has 1 amide bonds. The van der Waals surface area contributed by atoms with Crippen molar-refractivity contribution in [2.75, 3.05) is 25.8 Å². The maximum Gasteiger partial charge on any atom is 0.337 e. The first-order chi connectivity index (χ1) is 16.0. The Hall–Kier alpha value is -3.57. The van der Waals surface area contributed by atoms with Crippen molar-refractivity contribution in [2.24, 2.45) is 0 Å². The fourth-order valence-corrected chi connectivity index (χ4v) is 4.81. The van der Waals surface area contributed by atoms with E-state index in [2.05, 4.69) is 10.3 Å². The molecule has 33 heavy (non-hydrogen) atoms. The van der Waals surface area contributed by atoms with Crippen LogP contribution in [-0.2, 0) is 11.3 Å². The number of anilines is 1. The smallest absolute Gasteiger partial charge is 0.337 e. The van der Waals surface area contributed by atoms with Gasteiger partial charge in [-0.2, -0.15) is 0 Å². The molecule has 0 radical (unpaired) electrons. The molecule has 2 heterocycles. The Morgan fingerprint density at radius 3 is 2.64 bits per heavy atom. The van der Waals surface area contributed by atoms with E-state index < -0.39 is 17.2 Å². The Morgan fingerprint density at radius 1 is 1.12 bits per heavy atom. The van der Waals surface area contributed by atoms with Gasteiger partial charge in [-0.05, 0) is 30.5 Å². The third-order valence-corrected chi connectivity index (χ3v) is 6.84. The first-order valence-electron chi connectivity index (χ1n) is 9.74. The largest absolute Gasteiger partial charge is 0.497 e. The quantitative estimate of drug-likeness (QED) is 0.402. The topological polar surface area (TPSA) is 104 Å². The van der Waals surface area contributed by atoms with Gasteiger partial charge in [0.2, 0.25) is 5.91 Å². The molecular formula is C22H20N4O5S2. The molecule has 0 bridgehead atoms. The van der Waals surface area contributed by atoms with E-state index >= 15 is 0 Å². The van der Waals surface area contributed by atoms with E-state index in [1.807, 2.05) is 6.26 Å². The van der Waals surface area contributed by atoms with Crippen LogP contribution in [0.4, 0.5) is 5.69 Å². The number of aromatic nitrogens is 3. The predicted octanol–water partition coefficient (Wildman–Crippen LogP) is 2.99. The highest BCUT2D eigenvalue weighted by Crippen LogP contribution is 2.26. The van der Waals surface area contributed by atoms with Gasteiger partial charge in [-0.1, -0.05) is 30.0 Å². The van der Waals surface area contributed by atoms with Gasteiger partial charge in [-0.3, -0.25) is 14.2 Å². The Balaban J connectivity index is 1.85. The minimum Gasteiger partial charge on any atom is -0.497 e. The summed E-state index contributed by atoms with van der Waals surface area (Å²) in [6.45, 7) is -0.334. The second-order valence-electron chi connectivity index (χ2n) is 6.80. The third kappa shape index (κ3) is 4.37. The zero-order valence-electron chi connectivity index (χ0n) is 18.0. The van der Waals surface area contributed by atoms with Crippen LogP contribution in [0, 0.1) is 0 Å². The number of hydrogen-bond donors (Lipinski definition) is 1. The molecule has 0 spiro atoms. The lowest BCUT2D eigenvalue weighted by Gasteiger charge is -2.14. The number of para-hydroxylation sites is 2. The summed E-state index contributed by atoms with van der Waals surface area (Å²) in [6, 6.07) is 13.6. The summed E-state index contributed by atoms with van der Waals surface area (Å²) in [6.07, 6.45) is 1.83. The lowest BCUT2D eigenvalue weighted by molar-refractivity contribution is -0.116. The Bertz CT molecular complexity index is 1460. The molecule has 0 saturated carbocycles. The number of fused-ring (bicyclic) bond motifs is 1. The Labute approximate surface area is 196 Å². The maximum absolute atomic E-state index is 13.5. The molecule has 0 atom stereocenters. The summed E-state index contributed by atoms with van der Waals surface area (Å²) >= 11 is 2.53. The molecule has 4 aromatic rings. The number of nitrogens with one attached hydrogen (secondary N) is 1. The van der Waals surface area contributed by atoms with Gasteiger partial charge in [-0.25, -0.2) is 14.3 Å². The highest BCUT2D eigenvalue weighted by atomic mass is 32.2. The molecule has 0 aliphatic carbocycles. The SMILES string of the molecule is COc1cccc(NC(=O)Cn2c(=O)n(-c3ccccc3OC)c(=O)c3sc(SC)nc32)c1. The van der Waals surface area contributed by atoms with Crippen LogP contribution >= 0.6 is 23.1 Å². The number of ether oxygens (including phenoxy) is 2. The molecule has 0 fully saturated rings. The molecule has 4 rings (SSSR count). The second-order valence-corrected chi connectivity index (χ2v) is 8.85. The molecule has 9 nitrogen and oxygen atoms in total. The van der Waals surface area contributed by atoms with E-state index in [-0.39, 0.29) is 22.6 Å². The Kier molecular flexibility index (Phi) is 6.52. The monoisotopic (exact) mass is 484 g/mol. The van der Waals surface area contributed by atoms with E-state index in [9.17, 15) is 14.4 Å². The van der Waals surface area contributed by atoms with Crippen molar-refractivity contribution in [1.29, 1.82) is 0 Å². The van der Waals surface area contributed by atoms with E-state index in [0.717, 1.165) is 4.57 Å². The van der Waals surface area contributed by atoms with Crippen molar-refractivity contribution in [3.63, 3.8) is 0 Å². The highest BCUT2D eigenvalue weighted by molar-refractivity contribution is 8.00. The zero-order chi connectivity index (χ0) is 23.5. The van der Waals surface area contributed by atoms with E-state index in [0.29, 0.717) is 21.5 Å². The fourth-order valence-electron chi connectivity index (χ4n) is 3.32. The van der Waals surface area contributed by atoms with Crippen LogP contribution in [0.1, 0.15) is 0 Å². The summed E-state index contributed by atoms with van der Waals surface area (Å²) in [5.41, 5.74) is -0.216. The van der Waals surface area contributed by atoms with Crippen molar-refractivity contribution < 1.29 is 14.3 Å². The molecule has 11 heteroatoms. The molecule has 1 N–H and O–H groups in total. The van der Waals surface area contributed by atoms with Crippen LogP contribution in [0.3, 0.4) is 0 Å². The number of nitrogens with zero attached hydrogens (tertiary/aromatic N) is 3. The minimum atomic E-state index is -0.684. The molecular weight excluding hydrogens is 464 g/mol. The second kappa shape index (κ2) is 9.51. The fraction of sp³-hybridized carbons (Fsp3) is 0.182. The van der Waals surface area contributed by atoms with Crippen LogP contribution in [0.25, 0.3) is 16.0 Å². The number of carbonyl (C=O) groups excluding carboxylic acids is 1. The Morgan fingerprint density at radius 2 is 1.91 bits per heavy atom. The summed E-state index contributed by atoms with van der Waals surface area (Å²) in [5.74, 6) is 0.495. The minimum absolute atomic E-state index is 0.172. The summed E-state index contributed by atoms with van der Waals surface area (Å²) < 4.78 is 13.6. The first kappa shape index (κ1) is 22.6. The van der Waals surface area contributed by atoms with Gasteiger partial charge in [0.25, 0.3) is 5.56 Å². The van der Waals surface area contributed by atoms with Gasteiger partial charge in [0.1, 0.15) is 22.7 Å². The normalized spacial score (nSPS) is 10.9. The van der Waals surface area contributed by atoms with Crippen LogP contribution in [-0.4, -0.2) is 40.5 Å². The number of carbonyl (C=O) groups is 1. The van der Waals surface area contributed by atoms with Gasteiger partial charge in [0, 0.05) is 11.8 Å². The van der Waals surface area contributed by atoms with Crippen molar-refractivity contribution in [1.82, 2.24) is 14.1 Å². The molecule has 0 unspecified atom stereocenters. The van der Waals surface area contributed by atoms with Crippen molar-refractivity contribution in [3.8, 4) is 17.2 Å². The van der Waals surface area contributed by atoms with E-state index in [4.69, 9.17) is 9.47 Å². The molecule has 170 valence electrons. The van der Waals surface area contributed by atoms with Crippen molar-refractivity contribution in [2.45, 2.75) is 10.9 Å². The lowest BCUT2D eigenvalue weighted by Crippen LogP contribution is -2.40. The van der Waals surface area contributed by atoms with Crippen LogP contribution < -0.4 is 26.0 Å². The molecule has 0 aliphatic rings. The molecule has 0 saturated heterocycles. The number of methoxy groups -OCH3 is 2. The van der Waals surface area contributed by atoms with Crippen LogP contribution in [0.15, 0.2) is 62.5 Å². The van der Waals surface area contributed by atoms with Gasteiger partial charge >= 0.3 is 5.69 Å². The lowest BCUT2D eigenvalue weighted by atomic mass is 10.3. The number of thiazole rings is 1. The molecule has 2 aromatic heterocycles. The standard InChI is InChI=1S/C22H20N4O5S2/c1-30-14-8-6-7-13(11-14)23-17(27)12-25-19-18(33-21(24-19)32-3)20(28)26(22(25)29)15-9-4-5-10-16(15)31-2/h4-11H,12H2,1-3H3,(H,23,27). The highest BCUT2D eigenvalue weighted by Gasteiger charge is 2.22. The zero-order valence-corrected chi connectivity index (χ0v) is 19.7. The van der Waals surface area contributed by atoms with Gasteiger partial charge in [0.05, 0.1) is 19.9 Å². The third-order valence-electron chi connectivity index (χ3n) is 4.82. The predicted molar refractivity (Wildman–Crippen MR) is 129 cm³/mol. The molecule has 2 aromatic carbocycles. The van der Waals surface area contributed by atoms with Gasteiger partial charge in [0.15, 0.2) is 9.99 Å². The average molecular weight is 485 g/mol. The van der Waals surface area contributed by atoms with E-state index in [1.165, 1.54) is 41.9 Å². The summed E-state index contributed by atoms with van der Waals surface area (Å²) in [7, 11) is 2.99. The first-order valence-corrected chi connectivity index (χ1v) is 11.8. The van der Waals surface area contributed by atoms with Crippen molar-refractivity contribution >= 4 is 45.0 Å². The summed E-state index contributed by atoms with van der Waals surface area (Å²) in [4.78, 5) is 44.0. The number of hydrogen-bond acceptors (Lipinski definition) is 8. The summed E-state index contributed by atoms with van der Waals surface area (Å²) in [5, 5.41) is 2.75. The van der Waals surface area contributed by atoms with E-state index in [1.54, 1.807) is 48.5 Å². The van der Waals surface area contributed by atoms with Crippen LogP contribution in [0.2, 0.25) is 0 Å². The van der Waals surface area contributed by atoms with Gasteiger partial charge < -0.3 is 14.8 Å². The maximum atomic E-state index is 13.5. The van der Waals surface area contributed by atoms with Crippen molar-refractivity contribution in [3.05, 3.63) is 69.4 Å².